The van der Waals surface area contributed by atoms with Crippen molar-refractivity contribution in [2.24, 2.45) is 0 Å². The highest BCUT2D eigenvalue weighted by Crippen LogP contribution is 2.22. The predicted molar refractivity (Wildman–Crippen MR) is 99.5 cm³/mol. The van der Waals surface area contributed by atoms with E-state index >= 15 is 0 Å². The van der Waals surface area contributed by atoms with Crippen LogP contribution in [0.3, 0.4) is 0 Å². The summed E-state index contributed by atoms with van der Waals surface area (Å²) < 4.78 is 5.55. The molecule has 3 rings (SSSR count). The Balaban J connectivity index is 1.73. The standard InChI is InChI=1S/C22H21NO2/c1-17-12-14-19(15-13-17)22(18-8-4-2-5-9-18)23-21(24)16-25-20-10-6-3-7-11-20/h2-15,22H,16H2,1H3,(H,23,24)/t22-/m0/s1. The van der Waals surface area contributed by atoms with E-state index in [9.17, 15) is 4.79 Å². The fraction of sp³-hybridized carbons (Fsp3) is 0.136. The number of hydrogen-bond donors (Lipinski definition) is 1. The van der Waals surface area contributed by atoms with Gasteiger partial charge in [0.2, 0.25) is 0 Å². The van der Waals surface area contributed by atoms with E-state index in [1.807, 2.05) is 79.7 Å². The first-order valence-corrected chi connectivity index (χ1v) is 8.31. The van der Waals surface area contributed by atoms with Gasteiger partial charge in [0.1, 0.15) is 5.75 Å². The molecule has 3 nitrogen and oxygen atoms in total. The topological polar surface area (TPSA) is 38.3 Å². The largest absolute Gasteiger partial charge is 0.484 e. The van der Waals surface area contributed by atoms with Gasteiger partial charge in [-0.05, 0) is 30.2 Å². The normalized spacial score (nSPS) is 11.6. The molecule has 1 N–H and O–H groups in total. The van der Waals surface area contributed by atoms with Gasteiger partial charge >= 0.3 is 0 Å². The smallest absolute Gasteiger partial charge is 0.258 e. The molecular weight excluding hydrogens is 310 g/mol. The number of para-hydroxylation sites is 1. The summed E-state index contributed by atoms with van der Waals surface area (Å²) in [7, 11) is 0. The van der Waals surface area contributed by atoms with Gasteiger partial charge in [-0.25, -0.2) is 0 Å². The Morgan fingerprint density at radius 3 is 2.04 bits per heavy atom. The van der Waals surface area contributed by atoms with Gasteiger partial charge in [-0.1, -0.05) is 78.4 Å². The molecule has 3 aromatic carbocycles. The number of rotatable bonds is 6. The summed E-state index contributed by atoms with van der Waals surface area (Å²) in [4.78, 5) is 12.4. The van der Waals surface area contributed by atoms with Crippen LogP contribution in [0, 0.1) is 6.92 Å². The van der Waals surface area contributed by atoms with Crippen molar-refractivity contribution in [2.45, 2.75) is 13.0 Å². The van der Waals surface area contributed by atoms with Crippen LogP contribution >= 0.6 is 0 Å². The van der Waals surface area contributed by atoms with Crippen molar-refractivity contribution in [1.82, 2.24) is 5.32 Å². The maximum absolute atomic E-state index is 12.4. The van der Waals surface area contributed by atoms with E-state index in [-0.39, 0.29) is 18.6 Å². The van der Waals surface area contributed by atoms with Gasteiger partial charge in [0.25, 0.3) is 5.91 Å². The number of carbonyl (C=O) groups is 1. The lowest BCUT2D eigenvalue weighted by Crippen LogP contribution is -2.33. The number of hydrogen-bond acceptors (Lipinski definition) is 2. The Labute approximate surface area is 148 Å². The van der Waals surface area contributed by atoms with Gasteiger partial charge < -0.3 is 10.1 Å². The van der Waals surface area contributed by atoms with Crippen molar-refractivity contribution in [3.8, 4) is 5.75 Å². The lowest BCUT2D eigenvalue weighted by Gasteiger charge is -2.20. The van der Waals surface area contributed by atoms with Crippen LogP contribution in [-0.4, -0.2) is 12.5 Å². The lowest BCUT2D eigenvalue weighted by atomic mass is 9.98. The molecule has 0 saturated carbocycles. The Morgan fingerprint density at radius 2 is 1.40 bits per heavy atom. The van der Waals surface area contributed by atoms with E-state index in [4.69, 9.17) is 4.74 Å². The molecule has 126 valence electrons. The Hall–Kier alpha value is -3.07. The van der Waals surface area contributed by atoms with Crippen LogP contribution < -0.4 is 10.1 Å². The van der Waals surface area contributed by atoms with Crippen LogP contribution in [0.5, 0.6) is 5.75 Å². The molecule has 0 saturated heterocycles. The third-order valence-electron chi connectivity index (χ3n) is 3.96. The Morgan fingerprint density at radius 1 is 0.840 bits per heavy atom. The van der Waals surface area contributed by atoms with Crippen molar-refractivity contribution >= 4 is 5.91 Å². The molecule has 3 heteroatoms. The summed E-state index contributed by atoms with van der Waals surface area (Å²) >= 11 is 0. The Kier molecular flexibility index (Phi) is 5.47. The zero-order chi connectivity index (χ0) is 17.5. The van der Waals surface area contributed by atoms with Crippen LogP contribution in [0.2, 0.25) is 0 Å². The summed E-state index contributed by atoms with van der Waals surface area (Å²) in [6, 6.07) is 27.3. The molecule has 0 bridgehead atoms. The van der Waals surface area contributed by atoms with Gasteiger partial charge in [-0.2, -0.15) is 0 Å². The van der Waals surface area contributed by atoms with Crippen LogP contribution in [-0.2, 0) is 4.79 Å². The number of ether oxygens (including phenoxy) is 1. The average Bonchev–Trinajstić information content (AvgIpc) is 2.67. The SMILES string of the molecule is Cc1ccc([C@@H](NC(=O)COc2ccccc2)c2ccccc2)cc1. The molecule has 0 aliphatic heterocycles. The van der Waals surface area contributed by atoms with E-state index in [0.717, 1.165) is 11.1 Å². The van der Waals surface area contributed by atoms with Crippen LogP contribution in [0.4, 0.5) is 0 Å². The summed E-state index contributed by atoms with van der Waals surface area (Å²) in [6.45, 7) is 2.03. The number of amides is 1. The molecule has 0 aliphatic rings. The summed E-state index contributed by atoms with van der Waals surface area (Å²) in [5, 5.41) is 3.08. The fourth-order valence-electron chi connectivity index (χ4n) is 2.63. The molecule has 1 amide bonds. The maximum Gasteiger partial charge on any atom is 0.258 e. The van der Waals surface area contributed by atoms with Gasteiger partial charge in [0.15, 0.2) is 6.61 Å². The Bertz CT molecular complexity index is 798. The third kappa shape index (κ3) is 4.70. The van der Waals surface area contributed by atoms with E-state index in [2.05, 4.69) is 17.4 Å². The first-order valence-electron chi connectivity index (χ1n) is 8.31. The molecule has 0 radical (unpaired) electrons. The van der Waals surface area contributed by atoms with Crippen molar-refractivity contribution < 1.29 is 9.53 Å². The lowest BCUT2D eigenvalue weighted by molar-refractivity contribution is -0.123. The number of aryl methyl sites for hydroxylation is 1. The molecule has 0 fully saturated rings. The highest BCUT2D eigenvalue weighted by molar-refractivity contribution is 5.78. The first kappa shape index (κ1) is 16.8. The molecule has 0 heterocycles. The highest BCUT2D eigenvalue weighted by Gasteiger charge is 2.17. The van der Waals surface area contributed by atoms with E-state index in [1.54, 1.807) is 0 Å². The van der Waals surface area contributed by atoms with Gasteiger partial charge in [0, 0.05) is 0 Å². The second-order valence-electron chi connectivity index (χ2n) is 5.92. The summed E-state index contributed by atoms with van der Waals surface area (Å²) in [5.74, 6) is 0.530. The van der Waals surface area contributed by atoms with Crippen LogP contribution in [0.1, 0.15) is 22.7 Å². The summed E-state index contributed by atoms with van der Waals surface area (Å²) in [5.41, 5.74) is 3.28. The van der Waals surface area contributed by atoms with Crippen LogP contribution in [0.25, 0.3) is 0 Å². The van der Waals surface area contributed by atoms with E-state index in [1.165, 1.54) is 5.56 Å². The second-order valence-corrected chi connectivity index (χ2v) is 5.92. The van der Waals surface area contributed by atoms with E-state index < -0.39 is 0 Å². The highest BCUT2D eigenvalue weighted by atomic mass is 16.5. The quantitative estimate of drug-likeness (QED) is 0.732. The van der Waals surface area contributed by atoms with Gasteiger partial charge in [-0.15, -0.1) is 0 Å². The summed E-state index contributed by atoms with van der Waals surface area (Å²) in [6.07, 6.45) is 0. The predicted octanol–water partition coefficient (Wildman–Crippen LogP) is 4.28. The maximum atomic E-state index is 12.4. The molecule has 3 aromatic rings. The van der Waals surface area contributed by atoms with Crippen molar-refractivity contribution in [2.75, 3.05) is 6.61 Å². The number of nitrogens with one attached hydrogen (secondary N) is 1. The third-order valence-corrected chi connectivity index (χ3v) is 3.96. The minimum atomic E-state index is -0.200. The van der Waals surface area contributed by atoms with Gasteiger partial charge in [0.05, 0.1) is 6.04 Å². The minimum absolute atomic E-state index is 0.0147. The monoisotopic (exact) mass is 331 g/mol. The minimum Gasteiger partial charge on any atom is -0.484 e. The zero-order valence-corrected chi connectivity index (χ0v) is 14.2. The molecule has 1 atom stereocenters. The van der Waals surface area contributed by atoms with Gasteiger partial charge in [-0.3, -0.25) is 4.79 Å². The average molecular weight is 331 g/mol. The van der Waals surface area contributed by atoms with Crippen LogP contribution in [0.15, 0.2) is 84.9 Å². The molecule has 25 heavy (non-hydrogen) atoms. The molecular formula is C22H21NO2. The van der Waals surface area contributed by atoms with Crippen molar-refractivity contribution in [3.63, 3.8) is 0 Å². The number of benzene rings is 3. The molecule has 0 spiro atoms. The zero-order valence-electron chi connectivity index (χ0n) is 14.2. The fourth-order valence-corrected chi connectivity index (χ4v) is 2.63. The van der Waals surface area contributed by atoms with Crippen molar-refractivity contribution in [3.05, 3.63) is 102 Å². The number of carbonyl (C=O) groups excluding carboxylic acids is 1. The molecule has 0 aliphatic carbocycles. The second kappa shape index (κ2) is 8.15. The van der Waals surface area contributed by atoms with Crippen molar-refractivity contribution in [1.29, 1.82) is 0 Å². The molecule has 0 unspecified atom stereocenters. The van der Waals surface area contributed by atoms with E-state index in [0.29, 0.717) is 5.75 Å². The molecule has 0 aromatic heterocycles. The first-order chi connectivity index (χ1) is 12.2.